The molecule has 0 aromatic carbocycles. The number of hydrazine groups is 2. The fourth-order valence-electron chi connectivity index (χ4n) is 3.88. The van der Waals surface area contributed by atoms with E-state index in [0.717, 1.165) is 24.4 Å². The van der Waals surface area contributed by atoms with Crippen molar-refractivity contribution in [2.24, 2.45) is 17.8 Å². The zero-order valence-electron chi connectivity index (χ0n) is 13.3. The molecule has 0 amide bonds. The minimum atomic E-state index is 0.368. The highest BCUT2D eigenvalue weighted by atomic mass is 16.5. The van der Waals surface area contributed by atoms with E-state index in [-0.39, 0.29) is 0 Å². The monoisotopic (exact) mass is 279 g/mol. The summed E-state index contributed by atoms with van der Waals surface area (Å²) < 4.78 is 5.84. The minimum Gasteiger partial charge on any atom is -0.378 e. The summed E-state index contributed by atoms with van der Waals surface area (Å²) in [5.41, 5.74) is 9.62. The normalized spacial score (nSPS) is 32.9. The van der Waals surface area contributed by atoms with Crippen LogP contribution in [0.2, 0.25) is 0 Å². The van der Waals surface area contributed by atoms with Gasteiger partial charge in [-0.3, -0.25) is 5.01 Å². The summed E-state index contributed by atoms with van der Waals surface area (Å²) in [5.74, 6) is 2.62. The third-order valence-corrected chi connectivity index (χ3v) is 5.06. The summed E-state index contributed by atoms with van der Waals surface area (Å²) in [4.78, 5) is 0. The molecule has 3 atom stereocenters. The molecule has 4 heteroatoms. The number of allylic oxidation sites excluding steroid dienone is 2. The average Bonchev–Trinajstić information content (AvgIpc) is 2.85. The summed E-state index contributed by atoms with van der Waals surface area (Å²) >= 11 is 0. The van der Waals surface area contributed by atoms with Crippen molar-refractivity contribution in [1.29, 1.82) is 0 Å². The number of nitrogens with zero attached hydrogens (tertiary/aromatic N) is 1. The van der Waals surface area contributed by atoms with E-state index in [9.17, 15) is 0 Å². The van der Waals surface area contributed by atoms with Gasteiger partial charge >= 0.3 is 0 Å². The topological polar surface area (TPSA) is 36.5 Å². The molecule has 0 saturated heterocycles. The van der Waals surface area contributed by atoms with E-state index >= 15 is 0 Å². The van der Waals surface area contributed by atoms with E-state index in [1.165, 1.54) is 37.1 Å². The number of hydrogen-bond donors (Lipinski definition) is 2. The molecule has 1 saturated carbocycles. The van der Waals surface area contributed by atoms with Crippen LogP contribution in [0.15, 0.2) is 11.4 Å². The molecule has 1 heterocycles. The molecule has 2 aliphatic carbocycles. The highest BCUT2D eigenvalue weighted by Crippen LogP contribution is 2.54. The third kappa shape index (κ3) is 2.68. The van der Waals surface area contributed by atoms with Crippen LogP contribution in [0.3, 0.4) is 0 Å². The molecule has 114 valence electrons. The minimum absolute atomic E-state index is 0.368. The van der Waals surface area contributed by atoms with Gasteiger partial charge in [0.15, 0.2) is 0 Å². The van der Waals surface area contributed by atoms with Crippen molar-refractivity contribution < 1.29 is 4.74 Å². The Morgan fingerprint density at radius 2 is 1.85 bits per heavy atom. The van der Waals surface area contributed by atoms with Crippen molar-refractivity contribution in [3.63, 3.8) is 0 Å². The third-order valence-electron chi connectivity index (χ3n) is 5.06. The second-order valence-corrected chi connectivity index (χ2v) is 7.08. The first-order valence-electron chi connectivity index (χ1n) is 8.22. The quantitative estimate of drug-likeness (QED) is 0.829. The maximum atomic E-state index is 5.84. The summed E-state index contributed by atoms with van der Waals surface area (Å²) in [6, 6.07) is 0.504. The molecule has 2 N–H and O–H groups in total. The second-order valence-electron chi connectivity index (χ2n) is 7.08. The Labute approximate surface area is 122 Å². The van der Waals surface area contributed by atoms with Gasteiger partial charge < -0.3 is 10.2 Å². The van der Waals surface area contributed by atoms with Crippen LogP contribution in [-0.4, -0.2) is 23.8 Å². The van der Waals surface area contributed by atoms with E-state index in [1.54, 1.807) is 0 Å². The first-order valence-corrected chi connectivity index (χ1v) is 8.22. The molecule has 0 radical (unpaired) electrons. The summed E-state index contributed by atoms with van der Waals surface area (Å²) in [6.07, 6.45) is 5.39. The first kappa shape index (κ1) is 14.2. The van der Waals surface area contributed by atoms with Crippen LogP contribution in [0.1, 0.15) is 53.4 Å². The fourth-order valence-corrected chi connectivity index (χ4v) is 3.88. The van der Waals surface area contributed by atoms with E-state index < -0.39 is 0 Å². The maximum absolute atomic E-state index is 5.84. The van der Waals surface area contributed by atoms with Crippen molar-refractivity contribution >= 4 is 0 Å². The lowest BCUT2D eigenvalue weighted by atomic mass is 10.0. The molecule has 0 aromatic rings. The molecule has 1 aliphatic heterocycles. The van der Waals surface area contributed by atoms with Crippen LogP contribution in [-0.2, 0) is 4.74 Å². The van der Waals surface area contributed by atoms with Gasteiger partial charge in [0.2, 0.25) is 0 Å². The summed E-state index contributed by atoms with van der Waals surface area (Å²) in [6.45, 7) is 9.72. The Hall–Kier alpha value is -0.740. The Balaban J connectivity index is 1.59. The Kier molecular flexibility index (Phi) is 3.95. The van der Waals surface area contributed by atoms with Gasteiger partial charge in [0.1, 0.15) is 0 Å². The van der Waals surface area contributed by atoms with Gasteiger partial charge in [-0.2, -0.15) is 0 Å². The number of nitrogens with one attached hydrogen (secondary N) is 2. The molecule has 0 bridgehead atoms. The molecular weight excluding hydrogens is 250 g/mol. The Morgan fingerprint density at radius 1 is 1.15 bits per heavy atom. The van der Waals surface area contributed by atoms with Crippen molar-refractivity contribution in [3.05, 3.63) is 11.4 Å². The zero-order valence-corrected chi connectivity index (χ0v) is 13.3. The standard InChI is InChI=1S/C16H29N3O/c1-10(2)19-16-8-6-13-12(5-7-15(16)17-18-19)14(13)9-20-11(3)4/h10-14,17-18H,5-9H2,1-4H3. The first-order chi connectivity index (χ1) is 9.58. The fraction of sp³-hybridized carbons (Fsp3) is 0.875. The van der Waals surface area contributed by atoms with Gasteiger partial charge in [0.05, 0.1) is 18.4 Å². The highest BCUT2D eigenvalue weighted by molar-refractivity contribution is 5.18. The van der Waals surface area contributed by atoms with Crippen molar-refractivity contribution in [3.8, 4) is 0 Å². The van der Waals surface area contributed by atoms with Gasteiger partial charge in [0, 0.05) is 11.7 Å². The van der Waals surface area contributed by atoms with Gasteiger partial charge in [-0.05, 0) is 71.1 Å². The zero-order chi connectivity index (χ0) is 14.3. The molecule has 20 heavy (non-hydrogen) atoms. The van der Waals surface area contributed by atoms with Gasteiger partial charge in [0.25, 0.3) is 0 Å². The smallest absolute Gasteiger partial charge is 0.0519 e. The predicted molar refractivity (Wildman–Crippen MR) is 80.3 cm³/mol. The summed E-state index contributed by atoms with van der Waals surface area (Å²) in [5, 5.41) is 2.30. The largest absolute Gasteiger partial charge is 0.378 e. The van der Waals surface area contributed by atoms with E-state index in [0.29, 0.717) is 12.1 Å². The molecule has 1 fully saturated rings. The summed E-state index contributed by atoms with van der Waals surface area (Å²) in [7, 11) is 0. The van der Waals surface area contributed by atoms with Crippen LogP contribution in [0.4, 0.5) is 0 Å². The van der Waals surface area contributed by atoms with Crippen molar-refractivity contribution in [2.45, 2.75) is 65.5 Å². The average molecular weight is 279 g/mol. The van der Waals surface area contributed by atoms with Crippen LogP contribution in [0.25, 0.3) is 0 Å². The number of rotatable bonds is 4. The number of ether oxygens (including phenoxy) is 1. The van der Waals surface area contributed by atoms with Crippen LogP contribution < -0.4 is 11.0 Å². The lowest BCUT2D eigenvalue weighted by Gasteiger charge is -2.25. The number of hydrogen-bond acceptors (Lipinski definition) is 4. The maximum Gasteiger partial charge on any atom is 0.0519 e. The predicted octanol–water partition coefficient (Wildman–Crippen LogP) is 2.79. The molecule has 0 spiro atoms. The lowest BCUT2D eigenvalue weighted by Crippen LogP contribution is -2.42. The SMILES string of the molecule is CC(C)OCC1C2CCC3=C(CCC21)N(C(C)C)NN3. The second kappa shape index (κ2) is 5.57. The molecule has 3 aliphatic rings. The molecular formula is C16H29N3O. The van der Waals surface area contributed by atoms with Gasteiger partial charge in [-0.1, -0.05) is 0 Å². The molecule has 3 rings (SSSR count). The Morgan fingerprint density at radius 3 is 2.50 bits per heavy atom. The van der Waals surface area contributed by atoms with Crippen LogP contribution in [0.5, 0.6) is 0 Å². The van der Waals surface area contributed by atoms with E-state index in [1.807, 2.05) is 0 Å². The molecule has 3 unspecified atom stereocenters. The van der Waals surface area contributed by atoms with Gasteiger partial charge in [-0.25, -0.2) is 0 Å². The van der Waals surface area contributed by atoms with Crippen molar-refractivity contribution in [1.82, 2.24) is 16.0 Å². The Bertz CT molecular complexity index is 391. The van der Waals surface area contributed by atoms with E-state index in [2.05, 4.69) is 43.7 Å². The van der Waals surface area contributed by atoms with Crippen LogP contribution in [0, 0.1) is 17.8 Å². The molecule has 4 nitrogen and oxygen atoms in total. The lowest BCUT2D eigenvalue weighted by molar-refractivity contribution is 0.0655. The number of fused-ring (bicyclic) bond motifs is 1. The van der Waals surface area contributed by atoms with Crippen LogP contribution >= 0.6 is 0 Å². The highest BCUT2D eigenvalue weighted by Gasteiger charge is 2.50. The van der Waals surface area contributed by atoms with E-state index in [4.69, 9.17) is 4.74 Å². The van der Waals surface area contributed by atoms with Gasteiger partial charge in [-0.15, -0.1) is 5.53 Å². The van der Waals surface area contributed by atoms with Crippen molar-refractivity contribution in [2.75, 3.05) is 6.61 Å². The molecule has 0 aromatic heterocycles.